The lowest BCUT2D eigenvalue weighted by Gasteiger charge is -2.28. The van der Waals surface area contributed by atoms with Crippen LogP contribution in [0.2, 0.25) is 0 Å². The molecule has 3 aromatic rings. The van der Waals surface area contributed by atoms with Crippen LogP contribution in [0.1, 0.15) is 43.0 Å². The van der Waals surface area contributed by atoms with Crippen LogP contribution in [0.15, 0.2) is 83.8 Å². The van der Waals surface area contributed by atoms with Gasteiger partial charge in [0.15, 0.2) is 0 Å². The Hall–Kier alpha value is -2.96. The number of rotatable bonds is 7. The topological polar surface area (TPSA) is 75.3 Å². The summed E-state index contributed by atoms with van der Waals surface area (Å²) in [5.74, 6) is 1.63. The first-order chi connectivity index (χ1) is 16.4. The van der Waals surface area contributed by atoms with E-state index < -0.39 is 10.0 Å². The van der Waals surface area contributed by atoms with E-state index in [0.717, 1.165) is 23.5 Å². The van der Waals surface area contributed by atoms with Crippen molar-refractivity contribution in [3.8, 4) is 11.1 Å². The van der Waals surface area contributed by atoms with Crippen LogP contribution >= 0.6 is 0 Å². The summed E-state index contributed by atoms with van der Waals surface area (Å²) in [7, 11) is -3.60. The Kier molecular flexibility index (Phi) is 6.28. The molecule has 2 aliphatic rings. The zero-order valence-electron chi connectivity index (χ0n) is 19.3. The van der Waals surface area contributed by atoms with Gasteiger partial charge in [-0.1, -0.05) is 48.9 Å². The van der Waals surface area contributed by atoms with E-state index in [4.69, 9.17) is 0 Å². The third-order valence-corrected chi connectivity index (χ3v) is 9.03. The second-order valence-electron chi connectivity index (χ2n) is 9.67. The third kappa shape index (κ3) is 4.79. The number of fused-ring (bicyclic) bond motifs is 2. The van der Waals surface area contributed by atoms with Gasteiger partial charge in [-0.05, 0) is 91.5 Å². The van der Waals surface area contributed by atoms with E-state index in [9.17, 15) is 13.2 Å². The average Bonchev–Trinajstić information content (AvgIpc) is 3.49. The molecule has 2 fully saturated rings. The number of hydrogen-bond donors (Lipinski definition) is 2. The molecule has 0 aliphatic heterocycles. The molecule has 5 rings (SSSR count). The van der Waals surface area contributed by atoms with E-state index in [2.05, 4.69) is 10.0 Å². The maximum atomic E-state index is 12.9. The average molecular weight is 475 g/mol. The molecule has 2 aliphatic carbocycles. The molecular weight excluding hydrogens is 444 g/mol. The van der Waals surface area contributed by atoms with Gasteiger partial charge in [0.25, 0.3) is 5.91 Å². The van der Waals surface area contributed by atoms with Gasteiger partial charge in [0.2, 0.25) is 10.0 Å². The van der Waals surface area contributed by atoms with Gasteiger partial charge in [0, 0.05) is 17.3 Å². The Morgan fingerprint density at radius 3 is 2.15 bits per heavy atom. The van der Waals surface area contributed by atoms with E-state index >= 15 is 0 Å². The van der Waals surface area contributed by atoms with Crippen LogP contribution in [-0.4, -0.2) is 20.4 Å². The van der Waals surface area contributed by atoms with E-state index in [1.165, 1.54) is 19.3 Å². The van der Waals surface area contributed by atoms with Crippen molar-refractivity contribution in [2.24, 2.45) is 17.8 Å². The monoisotopic (exact) mass is 474 g/mol. The van der Waals surface area contributed by atoms with Crippen molar-refractivity contribution in [3.05, 3.63) is 84.4 Å². The normalized spacial score (nSPS) is 22.4. The van der Waals surface area contributed by atoms with Crippen LogP contribution in [0.3, 0.4) is 0 Å². The molecule has 3 aromatic carbocycles. The van der Waals surface area contributed by atoms with Crippen LogP contribution in [0, 0.1) is 17.8 Å². The van der Waals surface area contributed by atoms with Crippen LogP contribution < -0.4 is 10.0 Å². The Labute approximate surface area is 201 Å². The summed E-state index contributed by atoms with van der Waals surface area (Å²) in [6.07, 6.45) is 4.90. The highest BCUT2D eigenvalue weighted by Crippen LogP contribution is 2.49. The standard InChI is InChI=1S/C28H30N2O3S/c1-19(27-18-20-7-8-24(27)17-20)30-34(32,33)26-15-13-25(14-16-26)29-28(31)23-11-9-22(10-12-23)21-5-3-2-4-6-21/h2-6,9-16,19-20,24,27,30H,7-8,17-18H2,1H3,(H,29,31). The number of sulfonamides is 1. The number of hydrogen-bond acceptors (Lipinski definition) is 3. The van der Waals surface area contributed by atoms with Gasteiger partial charge >= 0.3 is 0 Å². The Bertz CT molecular complexity index is 1260. The molecule has 6 heteroatoms. The molecule has 4 atom stereocenters. The smallest absolute Gasteiger partial charge is 0.255 e. The SMILES string of the molecule is CC(NS(=O)(=O)c1ccc(NC(=O)c2ccc(-c3ccccc3)cc2)cc1)C1CC2CCC1C2. The van der Waals surface area contributed by atoms with Crippen molar-refractivity contribution in [2.75, 3.05) is 5.32 Å². The van der Waals surface area contributed by atoms with Gasteiger partial charge in [-0.15, -0.1) is 0 Å². The molecule has 2 bridgehead atoms. The number of amides is 1. The molecule has 1 amide bonds. The van der Waals surface area contributed by atoms with Crippen molar-refractivity contribution in [3.63, 3.8) is 0 Å². The number of anilines is 1. The minimum Gasteiger partial charge on any atom is -0.322 e. The minimum absolute atomic E-state index is 0.0708. The summed E-state index contributed by atoms with van der Waals surface area (Å²) in [4.78, 5) is 12.9. The molecule has 5 nitrogen and oxygen atoms in total. The molecule has 4 unspecified atom stereocenters. The third-order valence-electron chi connectivity index (χ3n) is 7.45. The van der Waals surface area contributed by atoms with E-state index in [1.54, 1.807) is 36.4 Å². The van der Waals surface area contributed by atoms with Crippen LogP contribution in [0.4, 0.5) is 5.69 Å². The fraction of sp³-hybridized carbons (Fsp3) is 0.321. The summed E-state index contributed by atoms with van der Waals surface area (Å²) < 4.78 is 28.7. The molecular formula is C28H30N2O3S. The van der Waals surface area contributed by atoms with Crippen molar-refractivity contribution in [2.45, 2.75) is 43.5 Å². The second-order valence-corrected chi connectivity index (χ2v) is 11.4. The first-order valence-electron chi connectivity index (χ1n) is 12.0. The highest BCUT2D eigenvalue weighted by molar-refractivity contribution is 7.89. The summed E-state index contributed by atoms with van der Waals surface area (Å²) >= 11 is 0. The first kappa shape index (κ1) is 22.8. The van der Waals surface area contributed by atoms with Gasteiger partial charge in [-0.2, -0.15) is 0 Å². The summed E-state index contributed by atoms with van der Waals surface area (Å²) in [5.41, 5.74) is 3.23. The van der Waals surface area contributed by atoms with Crippen molar-refractivity contribution < 1.29 is 13.2 Å². The highest BCUT2D eigenvalue weighted by Gasteiger charge is 2.42. The lowest BCUT2D eigenvalue weighted by Crippen LogP contribution is -2.40. The number of carbonyl (C=O) groups excluding carboxylic acids is 1. The lowest BCUT2D eigenvalue weighted by molar-refractivity contribution is 0.102. The quantitative estimate of drug-likeness (QED) is 0.461. The van der Waals surface area contributed by atoms with Gasteiger partial charge in [0.1, 0.15) is 0 Å². The van der Waals surface area contributed by atoms with Crippen molar-refractivity contribution >= 4 is 21.6 Å². The maximum Gasteiger partial charge on any atom is 0.255 e. The number of carbonyl (C=O) groups is 1. The van der Waals surface area contributed by atoms with Crippen molar-refractivity contribution in [1.29, 1.82) is 0 Å². The minimum atomic E-state index is -3.60. The van der Waals surface area contributed by atoms with E-state index in [1.807, 2.05) is 49.4 Å². The molecule has 2 saturated carbocycles. The van der Waals surface area contributed by atoms with E-state index in [-0.39, 0.29) is 16.8 Å². The Morgan fingerprint density at radius 1 is 0.853 bits per heavy atom. The molecule has 2 N–H and O–H groups in total. The van der Waals surface area contributed by atoms with Crippen LogP contribution in [0.25, 0.3) is 11.1 Å². The van der Waals surface area contributed by atoms with Gasteiger partial charge in [-0.3, -0.25) is 4.79 Å². The first-order valence-corrected chi connectivity index (χ1v) is 13.5. The molecule has 0 heterocycles. The molecule has 176 valence electrons. The lowest BCUT2D eigenvalue weighted by atomic mass is 9.84. The van der Waals surface area contributed by atoms with Gasteiger partial charge < -0.3 is 5.32 Å². The predicted molar refractivity (Wildman–Crippen MR) is 135 cm³/mol. The predicted octanol–water partition coefficient (Wildman–Crippen LogP) is 5.71. The number of nitrogens with one attached hydrogen (secondary N) is 2. The fourth-order valence-electron chi connectivity index (χ4n) is 5.67. The van der Waals surface area contributed by atoms with Gasteiger partial charge in [0.05, 0.1) is 4.90 Å². The molecule has 34 heavy (non-hydrogen) atoms. The maximum absolute atomic E-state index is 12.9. The largest absolute Gasteiger partial charge is 0.322 e. The molecule has 0 saturated heterocycles. The fourth-order valence-corrected chi connectivity index (χ4v) is 6.97. The Balaban J connectivity index is 1.21. The second kappa shape index (κ2) is 9.35. The summed E-state index contributed by atoms with van der Waals surface area (Å²) in [6.45, 7) is 1.99. The van der Waals surface area contributed by atoms with Crippen LogP contribution in [0.5, 0.6) is 0 Å². The van der Waals surface area contributed by atoms with Gasteiger partial charge in [-0.25, -0.2) is 13.1 Å². The molecule has 0 aromatic heterocycles. The molecule has 0 radical (unpaired) electrons. The zero-order valence-corrected chi connectivity index (χ0v) is 20.1. The van der Waals surface area contributed by atoms with Crippen LogP contribution in [-0.2, 0) is 10.0 Å². The summed E-state index contributed by atoms with van der Waals surface area (Å²) in [5, 5.41) is 2.85. The Morgan fingerprint density at radius 2 is 1.53 bits per heavy atom. The van der Waals surface area contributed by atoms with E-state index in [0.29, 0.717) is 23.1 Å². The zero-order chi connectivity index (χ0) is 23.7. The number of benzene rings is 3. The molecule has 0 spiro atoms. The van der Waals surface area contributed by atoms with Crippen molar-refractivity contribution in [1.82, 2.24) is 4.72 Å². The highest BCUT2D eigenvalue weighted by atomic mass is 32.2. The summed E-state index contributed by atoms with van der Waals surface area (Å²) in [6, 6.07) is 23.7.